The topological polar surface area (TPSA) is 32.3 Å². The van der Waals surface area contributed by atoms with Crippen molar-refractivity contribution in [3.63, 3.8) is 0 Å². The third kappa shape index (κ3) is 2.77. The molecule has 0 aliphatic heterocycles. The average molecular weight is 284 g/mol. The van der Waals surface area contributed by atoms with E-state index >= 15 is 0 Å². The third-order valence-corrected chi connectivity index (χ3v) is 4.22. The van der Waals surface area contributed by atoms with E-state index in [9.17, 15) is 5.11 Å². The van der Waals surface area contributed by atoms with Crippen LogP contribution in [0.15, 0.2) is 22.7 Å². The van der Waals surface area contributed by atoms with Crippen LogP contribution in [0.4, 0.5) is 0 Å². The second-order valence-electron chi connectivity index (χ2n) is 4.90. The summed E-state index contributed by atoms with van der Waals surface area (Å²) in [4.78, 5) is 0. The van der Waals surface area contributed by atoms with E-state index in [-0.39, 0.29) is 5.54 Å². The van der Waals surface area contributed by atoms with E-state index in [1.807, 2.05) is 12.1 Å². The van der Waals surface area contributed by atoms with Crippen LogP contribution >= 0.6 is 15.9 Å². The summed E-state index contributed by atoms with van der Waals surface area (Å²) >= 11 is 3.51. The van der Waals surface area contributed by atoms with Gasteiger partial charge in [-0.2, -0.15) is 0 Å². The Morgan fingerprint density at radius 1 is 1.38 bits per heavy atom. The number of halogens is 1. The quantitative estimate of drug-likeness (QED) is 0.889. The molecule has 1 aromatic rings. The summed E-state index contributed by atoms with van der Waals surface area (Å²) < 4.78 is 1.05. The lowest BCUT2D eigenvalue weighted by Gasteiger charge is -2.25. The van der Waals surface area contributed by atoms with E-state index < -0.39 is 0 Å². The Bertz CT molecular complexity index is 372. The molecular formula is C13H18BrNO. The van der Waals surface area contributed by atoms with Crippen molar-refractivity contribution in [1.29, 1.82) is 0 Å². The molecule has 88 valence electrons. The van der Waals surface area contributed by atoms with Crippen LogP contribution in [-0.2, 0) is 6.54 Å². The molecule has 1 aliphatic rings. The summed E-state index contributed by atoms with van der Waals surface area (Å²) in [6, 6.07) is 5.41. The van der Waals surface area contributed by atoms with E-state index in [2.05, 4.69) is 28.2 Å². The van der Waals surface area contributed by atoms with E-state index in [0.29, 0.717) is 5.75 Å². The predicted octanol–water partition coefficient (Wildman–Crippen LogP) is 3.58. The zero-order valence-electron chi connectivity index (χ0n) is 9.59. The average Bonchev–Trinajstić information content (AvgIpc) is 2.67. The van der Waals surface area contributed by atoms with Gasteiger partial charge in [0, 0.05) is 16.6 Å². The molecule has 16 heavy (non-hydrogen) atoms. The van der Waals surface area contributed by atoms with Gasteiger partial charge in [0.2, 0.25) is 0 Å². The van der Waals surface area contributed by atoms with Gasteiger partial charge in [-0.25, -0.2) is 0 Å². The highest BCUT2D eigenvalue weighted by Gasteiger charge is 2.27. The van der Waals surface area contributed by atoms with Gasteiger partial charge >= 0.3 is 0 Å². The normalized spacial score (nSPS) is 18.9. The molecule has 1 saturated carbocycles. The van der Waals surface area contributed by atoms with Crippen LogP contribution in [0.3, 0.4) is 0 Å². The second-order valence-corrected chi connectivity index (χ2v) is 5.75. The minimum Gasteiger partial charge on any atom is -0.508 e. The first-order valence-corrected chi connectivity index (χ1v) is 6.61. The Morgan fingerprint density at radius 2 is 2.06 bits per heavy atom. The molecule has 0 heterocycles. The number of phenols is 1. The smallest absolute Gasteiger partial charge is 0.115 e. The molecule has 1 aliphatic carbocycles. The molecule has 2 N–H and O–H groups in total. The van der Waals surface area contributed by atoms with E-state index in [0.717, 1.165) is 16.6 Å². The third-order valence-electron chi connectivity index (χ3n) is 3.44. The molecule has 2 rings (SSSR count). The minimum atomic E-state index is 0.283. The van der Waals surface area contributed by atoms with Gasteiger partial charge in [-0.05, 0) is 43.5 Å². The van der Waals surface area contributed by atoms with Gasteiger partial charge in [0.25, 0.3) is 0 Å². The lowest BCUT2D eigenvalue weighted by molar-refractivity contribution is 0.362. The maximum Gasteiger partial charge on any atom is 0.115 e. The van der Waals surface area contributed by atoms with Crippen molar-refractivity contribution in [1.82, 2.24) is 5.32 Å². The van der Waals surface area contributed by atoms with Crippen LogP contribution in [0.2, 0.25) is 0 Å². The van der Waals surface area contributed by atoms with E-state index in [1.54, 1.807) is 6.07 Å². The standard InChI is InChI=1S/C13H18BrNO/c1-13(6-2-3-7-13)15-9-10-8-11(16)4-5-12(10)14/h4-5,8,15-16H,2-3,6-7,9H2,1H3. The first-order chi connectivity index (χ1) is 7.59. The summed E-state index contributed by atoms with van der Waals surface area (Å²) in [7, 11) is 0. The molecular weight excluding hydrogens is 266 g/mol. The molecule has 0 saturated heterocycles. The molecule has 0 amide bonds. The summed E-state index contributed by atoms with van der Waals surface area (Å²) in [5, 5.41) is 13.0. The van der Waals surface area contributed by atoms with Gasteiger partial charge in [0.15, 0.2) is 0 Å². The van der Waals surface area contributed by atoms with Gasteiger partial charge < -0.3 is 10.4 Å². The van der Waals surface area contributed by atoms with Gasteiger partial charge in [0.05, 0.1) is 0 Å². The maximum atomic E-state index is 9.45. The Hall–Kier alpha value is -0.540. The molecule has 0 radical (unpaired) electrons. The summed E-state index contributed by atoms with van der Waals surface area (Å²) in [5.74, 6) is 0.330. The monoisotopic (exact) mass is 283 g/mol. The summed E-state index contributed by atoms with van der Waals surface area (Å²) in [6.07, 6.45) is 5.16. The van der Waals surface area contributed by atoms with Crippen molar-refractivity contribution >= 4 is 15.9 Å². The van der Waals surface area contributed by atoms with Crippen molar-refractivity contribution in [3.8, 4) is 5.75 Å². The number of hydrogen-bond acceptors (Lipinski definition) is 2. The van der Waals surface area contributed by atoms with Crippen LogP contribution in [0.25, 0.3) is 0 Å². The number of nitrogens with one attached hydrogen (secondary N) is 1. The maximum absolute atomic E-state index is 9.45. The fourth-order valence-corrected chi connectivity index (χ4v) is 2.72. The fraction of sp³-hybridized carbons (Fsp3) is 0.538. The van der Waals surface area contributed by atoms with Crippen molar-refractivity contribution < 1.29 is 5.11 Å². The molecule has 0 spiro atoms. The van der Waals surface area contributed by atoms with Crippen molar-refractivity contribution in [2.24, 2.45) is 0 Å². The molecule has 0 unspecified atom stereocenters. The zero-order valence-corrected chi connectivity index (χ0v) is 11.2. The number of phenolic OH excluding ortho intramolecular Hbond substituents is 1. The van der Waals surface area contributed by atoms with Crippen LogP contribution in [0, 0.1) is 0 Å². The highest BCUT2D eigenvalue weighted by atomic mass is 79.9. The first-order valence-electron chi connectivity index (χ1n) is 5.81. The summed E-state index contributed by atoms with van der Waals surface area (Å²) in [6.45, 7) is 3.10. The van der Waals surface area contributed by atoms with E-state index in [1.165, 1.54) is 25.7 Å². The van der Waals surface area contributed by atoms with Gasteiger partial charge in [0.1, 0.15) is 5.75 Å². The minimum absolute atomic E-state index is 0.283. The van der Waals surface area contributed by atoms with Crippen LogP contribution in [-0.4, -0.2) is 10.6 Å². The number of hydrogen-bond donors (Lipinski definition) is 2. The molecule has 1 fully saturated rings. The Morgan fingerprint density at radius 3 is 2.75 bits per heavy atom. The number of rotatable bonds is 3. The van der Waals surface area contributed by atoms with Crippen LogP contribution < -0.4 is 5.32 Å². The van der Waals surface area contributed by atoms with Crippen molar-refractivity contribution in [3.05, 3.63) is 28.2 Å². The highest BCUT2D eigenvalue weighted by Crippen LogP contribution is 2.30. The summed E-state index contributed by atoms with van der Waals surface area (Å²) in [5.41, 5.74) is 1.40. The molecule has 0 bridgehead atoms. The lowest BCUT2D eigenvalue weighted by Crippen LogP contribution is -2.38. The lowest BCUT2D eigenvalue weighted by atomic mass is 10.0. The fourth-order valence-electron chi connectivity index (χ4n) is 2.34. The predicted molar refractivity (Wildman–Crippen MR) is 69.5 cm³/mol. The Kier molecular flexibility index (Phi) is 3.55. The van der Waals surface area contributed by atoms with Gasteiger partial charge in [-0.1, -0.05) is 28.8 Å². The largest absolute Gasteiger partial charge is 0.508 e. The Labute approximate surface area is 105 Å². The molecule has 0 atom stereocenters. The molecule has 2 nitrogen and oxygen atoms in total. The van der Waals surface area contributed by atoms with Gasteiger partial charge in [-0.15, -0.1) is 0 Å². The van der Waals surface area contributed by atoms with Crippen molar-refractivity contribution in [2.75, 3.05) is 0 Å². The zero-order chi connectivity index (χ0) is 11.6. The molecule has 0 aromatic heterocycles. The van der Waals surface area contributed by atoms with Crippen LogP contribution in [0.1, 0.15) is 38.2 Å². The van der Waals surface area contributed by atoms with Crippen LogP contribution in [0.5, 0.6) is 5.75 Å². The van der Waals surface area contributed by atoms with E-state index in [4.69, 9.17) is 0 Å². The molecule has 1 aromatic carbocycles. The van der Waals surface area contributed by atoms with Crippen molar-refractivity contribution in [2.45, 2.75) is 44.7 Å². The van der Waals surface area contributed by atoms with Gasteiger partial charge in [-0.3, -0.25) is 0 Å². The SMILES string of the molecule is CC1(NCc2cc(O)ccc2Br)CCCC1. The second kappa shape index (κ2) is 4.76. The number of benzene rings is 1. The Balaban J connectivity index is 2.01. The first kappa shape index (κ1) is 11.9. The number of aromatic hydroxyl groups is 1. The highest BCUT2D eigenvalue weighted by molar-refractivity contribution is 9.10. The molecule has 3 heteroatoms.